The minimum Gasteiger partial charge on any atom is -0.368 e. The van der Waals surface area contributed by atoms with Gasteiger partial charge in [-0.25, -0.2) is 0 Å². The lowest BCUT2D eigenvalue weighted by molar-refractivity contribution is -0.138. The molecule has 0 saturated carbocycles. The second kappa shape index (κ2) is 6.62. The molecule has 0 radical (unpaired) electrons. The van der Waals surface area contributed by atoms with Crippen LogP contribution in [0.4, 0.5) is 18.3 Å². The van der Waals surface area contributed by atoms with Crippen LogP contribution < -0.4 is 5.32 Å². The van der Waals surface area contributed by atoms with Crippen LogP contribution in [0.3, 0.4) is 0 Å². The Balaban J connectivity index is 2.52. The van der Waals surface area contributed by atoms with Crippen LogP contribution in [0.15, 0.2) is 12.7 Å². The summed E-state index contributed by atoms with van der Waals surface area (Å²) < 4.78 is 41.9. The lowest BCUT2D eigenvalue weighted by Gasteiger charge is -2.10. The van der Waals surface area contributed by atoms with Crippen molar-refractivity contribution in [2.45, 2.75) is 25.6 Å². The zero-order valence-corrected chi connectivity index (χ0v) is 10.8. The van der Waals surface area contributed by atoms with Crippen LogP contribution in [-0.4, -0.2) is 28.8 Å². The zero-order chi connectivity index (χ0) is 14.5. The van der Waals surface area contributed by atoms with E-state index in [1.807, 2.05) is 0 Å². The smallest absolute Gasteiger partial charge is 0.368 e. The van der Waals surface area contributed by atoms with Crippen LogP contribution in [0, 0.1) is 0 Å². The Hall–Kier alpha value is -1.48. The number of carbonyl (C=O) groups excluding carboxylic acids is 1. The Morgan fingerprint density at radius 3 is 2.79 bits per heavy atom. The van der Waals surface area contributed by atoms with Crippen LogP contribution in [-0.2, 0) is 15.7 Å². The highest BCUT2D eigenvalue weighted by Gasteiger charge is 2.35. The van der Waals surface area contributed by atoms with Crippen molar-refractivity contribution in [1.82, 2.24) is 10.2 Å². The third-order valence-electron chi connectivity index (χ3n) is 1.96. The standard InChI is InChI=1S/C10H12F3N3O2S/c1-3-4-5-18-6(2)7(17)14-9-16-15-8(19-9)10(11,12)13/h3,6H,1,4-5H2,2H3,(H,14,16,17). The van der Waals surface area contributed by atoms with Gasteiger partial charge in [-0.1, -0.05) is 17.4 Å². The van der Waals surface area contributed by atoms with Crippen LogP contribution in [0.5, 0.6) is 0 Å². The van der Waals surface area contributed by atoms with Gasteiger partial charge >= 0.3 is 6.18 Å². The molecule has 106 valence electrons. The number of hydrogen-bond acceptors (Lipinski definition) is 5. The first-order valence-electron chi connectivity index (χ1n) is 5.28. The van der Waals surface area contributed by atoms with E-state index >= 15 is 0 Å². The maximum absolute atomic E-state index is 12.3. The zero-order valence-electron chi connectivity index (χ0n) is 10.0. The monoisotopic (exact) mass is 295 g/mol. The first-order chi connectivity index (χ1) is 8.84. The summed E-state index contributed by atoms with van der Waals surface area (Å²) in [6.07, 6.45) is -3.15. The van der Waals surface area contributed by atoms with Gasteiger partial charge in [0, 0.05) is 0 Å². The van der Waals surface area contributed by atoms with Crippen molar-refractivity contribution in [3.63, 3.8) is 0 Å². The summed E-state index contributed by atoms with van der Waals surface area (Å²) in [7, 11) is 0. The SMILES string of the molecule is C=CCCOC(C)C(=O)Nc1nnc(C(F)(F)F)s1. The number of amides is 1. The number of nitrogens with one attached hydrogen (secondary N) is 1. The van der Waals surface area contributed by atoms with Crippen LogP contribution in [0.25, 0.3) is 0 Å². The van der Waals surface area contributed by atoms with Gasteiger partial charge in [0.2, 0.25) is 10.1 Å². The van der Waals surface area contributed by atoms with Crippen LogP contribution in [0.1, 0.15) is 18.4 Å². The molecule has 5 nitrogen and oxygen atoms in total. The van der Waals surface area contributed by atoms with E-state index in [-0.39, 0.29) is 16.5 Å². The molecule has 9 heteroatoms. The molecule has 1 aromatic rings. The summed E-state index contributed by atoms with van der Waals surface area (Å²) in [6.45, 7) is 5.29. The van der Waals surface area contributed by atoms with E-state index < -0.39 is 23.2 Å². The predicted octanol–water partition coefficient (Wildman–Crippen LogP) is 2.48. The highest BCUT2D eigenvalue weighted by atomic mass is 32.1. The summed E-state index contributed by atoms with van der Waals surface area (Å²) in [5, 5.41) is 7.09. The molecule has 0 aliphatic rings. The van der Waals surface area contributed by atoms with E-state index in [1.54, 1.807) is 6.08 Å². The summed E-state index contributed by atoms with van der Waals surface area (Å²) in [6, 6.07) is 0. The minimum absolute atomic E-state index is 0.212. The van der Waals surface area contributed by atoms with Crippen molar-refractivity contribution in [3.05, 3.63) is 17.7 Å². The first kappa shape index (κ1) is 15.6. The molecule has 0 aliphatic heterocycles. The van der Waals surface area contributed by atoms with E-state index in [0.717, 1.165) is 0 Å². The normalized spacial score (nSPS) is 13.1. The summed E-state index contributed by atoms with van der Waals surface area (Å²) in [4.78, 5) is 11.6. The number of alkyl halides is 3. The second-order valence-electron chi connectivity index (χ2n) is 3.49. The van der Waals surface area contributed by atoms with Crippen molar-refractivity contribution in [2.75, 3.05) is 11.9 Å². The molecule has 0 spiro atoms. The number of halogens is 3. The quantitative estimate of drug-likeness (QED) is 0.647. The molecule has 19 heavy (non-hydrogen) atoms. The molecule has 0 bridgehead atoms. The molecule has 1 aromatic heterocycles. The van der Waals surface area contributed by atoms with Gasteiger partial charge in [0.1, 0.15) is 6.10 Å². The third kappa shape index (κ3) is 4.95. The second-order valence-corrected chi connectivity index (χ2v) is 4.47. The molecule has 1 heterocycles. The van der Waals surface area contributed by atoms with Gasteiger partial charge in [-0.05, 0) is 13.3 Å². The maximum atomic E-state index is 12.3. The maximum Gasteiger partial charge on any atom is 0.445 e. The number of hydrogen-bond donors (Lipinski definition) is 1. The lowest BCUT2D eigenvalue weighted by atomic mass is 10.3. The van der Waals surface area contributed by atoms with E-state index in [2.05, 4.69) is 22.1 Å². The largest absolute Gasteiger partial charge is 0.445 e. The molecular weight excluding hydrogens is 283 g/mol. The Labute approximate surface area is 111 Å². The van der Waals surface area contributed by atoms with Gasteiger partial charge in [0.15, 0.2) is 0 Å². The third-order valence-corrected chi connectivity index (χ3v) is 2.84. The van der Waals surface area contributed by atoms with Crippen LogP contribution >= 0.6 is 11.3 Å². The lowest BCUT2D eigenvalue weighted by Crippen LogP contribution is -2.27. The Morgan fingerprint density at radius 1 is 1.58 bits per heavy atom. The van der Waals surface area contributed by atoms with Gasteiger partial charge in [0.05, 0.1) is 6.61 Å². The number of nitrogens with zero attached hydrogens (tertiary/aromatic N) is 2. The minimum atomic E-state index is -4.56. The molecule has 1 amide bonds. The Kier molecular flexibility index (Phi) is 5.43. The average Bonchev–Trinajstić information content (AvgIpc) is 2.77. The molecule has 0 fully saturated rings. The van der Waals surface area contributed by atoms with Gasteiger partial charge in [-0.2, -0.15) is 13.2 Å². The first-order valence-corrected chi connectivity index (χ1v) is 6.10. The van der Waals surface area contributed by atoms with Crippen molar-refractivity contribution >= 4 is 22.4 Å². The van der Waals surface area contributed by atoms with Gasteiger partial charge in [-0.3, -0.25) is 10.1 Å². The van der Waals surface area contributed by atoms with Crippen molar-refractivity contribution < 1.29 is 22.7 Å². The van der Waals surface area contributed by atoms with Crippen molar-refractivity contribution in [2.24, 2.45) is 0 Å². The molecule has 1 atom stereocenters. The fourth-order valence-electron chi connectivity index (χ4n) is 0.999. The average molecular weight is 295 g/mol. The summed E-state index contributed by atoms with van der Waals surface area (Å²) in [5.41, 5.74) is 0. The fraction of sp³-hybridized carbons (Fsp3) is 0.500. The number of ether oxygens (including phenoxy) is 1. The number of carbonyl (C=O) groups is 1. The Morgan fingerprint density at radius 2 is 2.26 bits per heavy atom. The highest BCUT2D eigenvalue weighted by Crippen LogP contribution is 2.32. The molecule has 1 N–H and O–H groups in total. The molecule has 1 rings (SSSR count). The van der Waals surface area contributed by atoms with Crippen molar-refractivity contribution in [1.29, 1.82) is 0 Å². The Bertz CT molecular complexity index is 447. The number of rotatable bonds is 6. The topological polar surface area (TPSA) is 64.1 Å². The molecule has 1 unspecified atom stereocenters. The molecule has 0 aliphatic carbocycles. The van der Waals surface area contributed by atoms with E-state index in [4.69, 9.17) is 4.74 Å². The van der Waals surface area contributed by atoms with E-state index in [0.29, 0.717) is 13.0 Å². The fourth-order valence-corrected chi connectivity index (χ4v) is 1.61. The number of aromatic nitrogens is 2. The van der Waals surface area contributed by atoms with Gasteiger partial charge < -0.3 is 4.74 Å². The molecular formula is C10H12F3N3O2S. The summed E-state index contributed by atoms with van der Waals surface area (Å²) in [5.74, 6) is -0.575. The van der Waals surface area contributed by atoms with E-state index in [1.165, 1.54) is 6.92 Å². The van der Waals surface area contributed by atoms with Crippen molar-refractivity contribution in [3.8, 4) is 0 Å². The highest BCUT2D eigenvalue weighted by molar-refractivity contribution is 7.15. The number of anilines is 1. The predicted molar refractivity (Wildman–Crippen MR) is 63.8 cm³/mol. The molecule has 0 aromatic carbocycles. The van der Waals surface area contributed by atoms with E-state index in [9.17, 15) is 18.0 Å². The van der Waals surface area contributed by atoms with Gasteiger partial charge in [0.25, 0.3) is 5.91 Å². The molecule has 0 saturated heterocycles. The van der Waals surface area contributed by atoms with Crippen LogP contribution in [0.2, 0.25) is 0 Å². The summed E-state index contributed by atoms with van der Waals surface area (Å²) >= 11 is 0.263. The van der Waals surface area contributed by atoms with Gasteiger partial charge in [-0.15, -0.1) is 16.8 Å².